The second-order valence-electron chi connectivity index (χ2n) is 5.42. The van der Waals surface area contributed by atoms with E-state index >= 15 is 0 Å². The van der Waals surface area contributed by atoms with Gasteiger partial charge in [0, 0.05) is 6.54 Å². The molecule has 2 heterocycles. The average molecular weight is 279 g/mol. The molecule has 0 bridgehead atoms. The van der Waals surface area contributed by atoms with Crippen LogP contribution in [0.25, 0.3) is 0 Å². The van der Waals surface area contributed by atoms with E-state index in [1.54, 1.807) is 9.58 Å². The molecule has 110 valence electrons. The molecule has 0 aliphatic carbocycles. The minimum Gasteiger partial charge on any atom is -0.345 e. The van der Waals surface area contributed by atoms with E-state index in [2.05, 4.69) is 29.2 Å². The monoisotopic (exact) mass is 279 g/mol. The van der Waals surface area contributed by atoms with Crippen LogP contribution < -0.4 is 5.32 Å². The van der Waals surface area contributed by atoms with Crippen molar-refractivity contribution in [3.63, 3.8) is 0 Å². The largest absolute Gasteiger partial charge is 0.345 e. The number of aromatic nitrogens is 3. The first kappa shape index (κ1) is 14.5. The fourth-order valence-corrected chi connectivity index (χ4v) is 2.36. The van der Waals surface area contributed by atoms with Crippen LogP contribution in [-0.4, -0.2) is 44.1 Å². The Morgan fingerprint density at radius 3 is 2.85 bits per heavy atom. The van der Waals surface area contributed by atoms with E-state index in [4.69, 9.17) is 0 Å². The zero-order valence-electron chi connectivity index (χ0n) is 12.2. The van der Waals surface area contributed by atoms with Gasteiger partial charge in [-0.2, -0.15) is 5.10 Å². The highest BCUT2D eigenvalue weighted by Crippen LogP contribution is 2.13. The van der Waals surface area contributed by atoms with E-state index in [-0.39, 0.29) is 18.4 Å². The van der Waals surface area contributed by atoms with Crippen LogP contribution >= 0.6 is 0 Å². The maximum absolute atomic E-state index is 12.0. The third-order valence-electron chi connectivity index (χ3n) is 3.35. The molecule has 7 nitrogen and oxygen atoms in total. The predicted octanol–water partition coefficient (Wildman–Crippen LogP) is 0.171. The summed E-state index contributed by atoms with van der Waals surface area (Å²) >= 11 is 0. The maximum Gasteiger partial charge on any atom is 0.243 e. The molecule has 2 rings (SSSR count). The van der Waals surface area contributed by atoms with Gasteiger partial charge in [0.15, 0.2) is 0 Å². The van der Waals surface area contributed by atoms with E-state index in [0.717, 1.165) is 12.4 Å². The SMILES string of the molecule is CCC1C(=O)NCC(=O)N1Cc1ncnn1CC(C)C. The van der Waals surface area contributed by atoms with Crippen molar-refractivity contribution in [1.29, 1.82) is 0 Å². The molecule has 1 fully saturated rings. The Bertz CT molecular complexity index is 497. The van der Waals surface area contributed by atoms with Crippen LogP contribution in [0, 0.1) is 5.92 Å². The molecule has 0 saturated carbocycles. The lowest BCUT2D eigenvalue weighted by Gasteiger charge is -2.34. The topological polar surface area (TPSA) is 80.1 Å². The first-order chi connectivity index (χ1) is 9.52. The molecule has 1 aliphatic rings. The number of rotatable bonds is 5. The second-order valence-corrected chi connectivity index (χ2v) is 5.42. The number of nitrogens with zero attached hydrogens (tertiary/aromatic N) is 4. The Morgan fingerprint density at radius 1 is 1.45 bits per heavy atom. The standard InChI is InChI=1S/C13H21N5O2/c1-4-10-13(20)14-5-12(19)17(10)7-11-15-8-16-18(11)6-9(2)3/h8-10H,4-7H2,1-3H3,(H,14,20). The molecule has 7 heteroatoms. The lowest BCUT2D eigenvalue weighted by Crippen LogP contribution is -2.57. The highest BCUT2D eigenvalue weighted by Gasteiger charge is 2.33. The quantitative estimate of drug-likeness (QED) is 0.833. The smallest absolute Gasteiger partial charge is 0.243 e. The van der Waals surface area contributed by atoms with Gasteiger partial charge in [-0.3, -0.25) is 9.59 Å². The van der Waals surface area contributed by atoms with Crippen molar-refractivity contribution in [2.45, 2.75) is 46.3 Å². The van der Waals surface area contributed by atoms with Crippen molar-refractivity contribution in [3.05, 3.63) is 12.2 Å². The summed E-state index contributed by atoms with van der Waals surface area (Å²) in [5, 5.41) is 6.80. The second kappa shape index (κ2) is 6.02. The van der Waals surface area contributed by atoms with Crippen LogP contribution in [0.15, 0.2) is 6.33 Å². The lowest BCUT2D eigenvalue weighted by molar-refractivity contribution is -0.146. The van der Waals surface area contributed by atoms with E-state index in [1.807, 2.05) is 6.92 Å². The number of nitrogens with one attached hydrogen (secondary N) is 1. The minimum atomic E-state index is -0.416. The predicted molar refractivity (Wildman–Crippen MR) is 72.5 cm³/mol. The number of piperazine rings is 1. The molecule has 1 unspecified atom stereocenters. The van der Waals surface area contributed by atoms with Gasteiger partial charge in [0.25, 0.3) is 0 Å². The Hall–Kier alpha value is -1.92. The van der Waals surface area contributed by atoms with Crippen LogP contribution in [-0.2, 0) is 22.7 Å². The number of carbonyl (C=O) groups excluding carboxylic acids is 2. The maximum atomic E-state index is 12.0. The molecular formula is C13H21N5O2. The Kier molecular flexibility index (Phi) is 4.36. The van der Waals surface area contributed by atoms with Gasteiger partial charge in [-0.25, -0.2) is 9.67 Å². The van der Waals surface area contributed by atoms with E-state index < -0.39 is 6.04 Å². The Balaban J connectivity index is 2.16. The van der Waals surface area contributed by atoms with Gasteiger partial charge in [0.05, 0.1) is 13.1 Å². The highest BCUT2D eigenvalue weighted by atomic mass is 16.2. The summed E-state index contributed by atoms with van der Waals surface area (Å²) in [6, 6.07) is -0.416. The van der Waals surface area contributed by atoms with E-state index in [9.17, 15) is 9.59 Å². The van der Waals surface area contributed by atoms with Gasteiger partial charge in [0.1, 0.15) is 18.2 Å². The average Bonchev–Trinajstić information content (AvgIpc) is 2.81. The summed E-state index contributed by atoms with van der Waals surface area (Å²) in [6.45, 7) is 7.24. The first-order valence-corrected chi connectivity index (χ1v) is 6.96. The van der Waals surface area contributed by atoms with Gasteiger partial charge in [0.2, 0.25) is 11.8 Å². The molecular weight excluding hydrogens is 258 g/mol. The fraction of sp³-hybridized carbons (Fsp3) is 0.692. The molecule has 1 saturated heterocycles. The summed E-state index contributed by atoms with van der Waals surface area (Å²) < 4.78 is 1.80. The van der Waals surface area contributed by atoms with Crippen molar-refractivity contribution in [2.24, 2.45) is 5.92 Å². The van der Waals surface area contributed by atoms with Crippen molar-refractivity contribution in [1.82, 2.24) is 25.0 Å². The summed E-state index contributed by atoms with van der Waals surface area (Å²) in [6.07, 6.45) is 2.09. The summed E-state index contributed by atoms with van der Waals surface area (Å²) in [7, 11) is 0. The van der Waals surface area contributed by atoms with Gasteiger partial charge >= 0.3 is 0 Å². The normalized spacial score (nSPS) is 19.6. The molecule has 0 radical (unpaired) electrons. The van der Waals surface area contributed by atoms with Crippen molar-refractivity contribution >= 4 is 11.8 Å². The lowest BCUT2D eigenvalue weighted by atomic mass is 10.1. The minimum absolute atomic E-state index is 0.0631. The van der Waals surface area contributed by atoms with Crippen molar-refractivity contribution in [3.8, 4) is 0 Å². The van der Waals surface area contributed by atoms with Crippen LogP contribution in [0.5, 0.6) is 0 Å². The molecule has 20 heavy (non-hydrogen) atoms. The van der Waals surface area contributed by atoms with Crippen LogP contribution in [0.3, 0.4) is 0 Å². The third-order valence-corrected chi connectivity index (χ3v) is 3.35. The van der Waals surface area contributed by atoms with Crippen LogP contribution in [0.1, 0.15) is 33.0 Å². The number of carbonyl (C=O) groups is 2. The zero-order chi connectivity index (χ0) is 14.7. The summed E-state index contributed by atoms with van der Waals surface area (Å²) in [4.78, 5) is 29.7. The summed E-state index contributed by atoms with van der Waals surface area (Å²) in [5.41, 5.74) is 0. The number of amides is 2. The van der Waals surface area contributed by atoms with E-state index in [1.165, 1.54) is 6.33 Å². The van der Waals surface area contributed by atoms with Gasteiger partial charge in [-0.1, -0.05) is 20.8 Å². The molecule has 1 aromatic rings. The van der Waals surface area contributed by atoms with Gasteiger partial charge < -0.3 is 10.2 Å². The zero-order valence-corrected chi connectivity index (χ0v) is 12.2. The molecule has 1 aromatic heterocycles. The van der Waals surface area contributed by atoms with Gasteiger partial charge in [-0.15, -0.1) is 0 Å². The Labute approximate surface area is 118 Å². The van der Waals surface area contributed by atoms with E-state index in [0.29, 0.717) is 18.9 Å². The van der Waals surface area contributed by atoms with Crippen molar-refractivity contribution in [2.75, 3.05) is 6.54 Å². The molecule has 1 atom stereocenters. The molecule has 0 aromatic carbocycles. The van der Waals surface area contributed by atoms with Crippen molar-refractivity contribution < 1.29 is 9.59 Å². The highest BCUT2D eigenvalue weighted by molar-refractivity contribution is 5.94. The van der Waals surface area contributed by atoms with Crippen LogP contribution in [0.4, 0.5) is 0 Å². The number of hydrogen-bond acceptors (Lipinski definition) is 4. The Morgan fingerprint density at radius 2 is 2.20 bits per heavy atom. The number of hydrogen-bond donors (Lipinski definition) is 1. The summed E-state index contributed by atoms with van der Waals surface area (Å²) in [5.74, 6) is 0.996. The molecule has 1 aliphatic heterocycles. The third kappa shape index (κ3) is 2.97. The molecule has 2 amide bonds. The first-order valence-electron chi connectivity index (χ1n) is 6.96. The van der Waals surface area contributed by atoms with Crippen LogP contribution in [0.2, 0.25) is 0 Å². The van der Waals surface area contributed by atoms with Gasteiger partial charge in [-0.05, 0) is 12.3 Å². The molecule has 1 N–H and O–H groups in total. The fourth-order valence-electron chi connectivity index (χ4n) is 2.36. The molecule has 0 spiro atoms.